The molecule has 0 saturated heterocycles. The summed E-state index contributed by atoms with van der Waals surface area (Å²) in [7, 11) is 0.155. The number of carbonyl (C=O) groups is 1. The average Bonchev–Trinajstić information content (AvgIpc) is 3.03. The fourth-order valence-corrected chi connectivity index (χ4v) is 5.37. The first kappa shape index (κ1) is 29.9. The maximum atomic E-state index is 13.8. The fourth-order valence-electron chi connectivity index (χ4n) is 3.94. The highest BCUT2D eigenvalue weighted by molar-refractivity contribution is 7.92. The number of hydrogen-bond donors (Lipinski definition) is 1. The van der Waals surface area contributed by atoms with Crippen LogP contribution in [0.5, 0.6) is 23.0 Å². The minimum absolute atomic E-state index is 0.0837. The van der Waals surface area contributed by atoms with E-state index in [-0.39, 0.29) is 16.3 Å². The predicted molar refractivity (Wildman–Crippen MR) is 160 cm³/mol. The number of nitrogens with one attached hydrogen (secondary N) is 1. The average molecular weight is 590 g/mol. The standard InChI is InChI=1S/C31H31N3O7S/c1-38-26-14-12-25(13-15-26)34(42(36,37)28-16-17-29(39-2)30(19-28)40-3)21-31(35)33-32-20-24-10-7-11-27(18-24)41-22-23-8-5-4-6-9-23/h4-20H,21-22H2,1-3H3,(H,33,35)/b32-20-. The summed E-state index contributed by atoms with van der Waals surface area (Å²) < 4.78 is 50.0. The summed E-state index contributed by atoms with van der Waals surface area (Å²) in [6.45, 7) is -0.130. The van der Waals surface area contributed by atoms with E-state index in [0.717, 1.165) is 9.87 Å². The van der Waals surface area contributed by atoms with Crippen LogP contribution >= 0.6 is 0 Å². The summed E-state index contributed by atoms with van der Waals surface area (Å²) in [5.41, 5.74) is 4.39. The summed E-state index contributed by atoms with van der Waals surface area (Å²) in [6.07, 6.45) is 1.45. The third-order valence-electron chi connectivity index (χ3n) is 6.10. The second-order valence-corrected chi connectivity index (χ2v) is 10.7. The lowest BCUT2D eigenvalue weighted by molar-refractivity contribution is -0.119. The molecule has 0 radical (unpaired) electrons. The molecule has 0 heterocycles. The second kappa shape index (κ2) is 14.0. The second-order valence-electron chi connectivity index (χ2n) is 8.87. The Morgan fingerprint density at radius 1 is 0.810 bits per heavy atom. The van der Waals surface area contributed by atoms with Gasteiger partial charge in [-0.15, -0.1) is 0 Å². The summed E-state index contributed by atoms with van der Waals surface area (Å²) in [6, 6.07) is 27.5. The molecule has 0 fully saturated rings. The number of hydrogen-bond acceptors (Lipinski definition) is 8. The maximum absolute atomic E-state index is 13.8. The van der Waals surface area contributed by atoms with Crippen LogP contribution in [0.15, 0.2) is 107 Å². The van der Waals surface area contributed by atoms with E-state index in [1.165, 1.54) is 45.7 Å². The molecule has 0 aliphatic heterocycles. The molecule has 0 aromatic heterocycles. The Bertz CT molecular complexity index is 1630. The lowest BCUT2D eigenvalue weighted by Crippen LogP contribution is -2.39. The number of rotatable bonds is 13. The van der Waals surface area contributed by atoms with Crippen molar-refractivity contribution in [3.05, 3.63) is 108 Å². The summed E-state index contributed by atoms with van der Waals surface area (Å²) in [5, 5.41) is 4.02. The van der Waals surface area contributed by atoms with Gasteiger partial charge in [0.1, 0.15) is 24.7 Å². The van der Waals surface area contributed by atoms with E-state index in [1.54, 1.807) is 36.4 Å². The van der Waals surface area contributed by atoms with Crippen molar-refractivity contribution in [2.45, 2.75) is 11.5 Å². The molecule has 1 N–H and O–H groups in total. The van der Waals surface area contributed by atoms with Crippen molar-refractivity contribution < 1.29 is 32.2 Å². The van der Waals surface area contributed by atoms with E-state index >= 15 is 0 Å². The van der Waals surface area contributed by atoms with E-state index in [9.17, 15) is 13.2 Å². The zero-order chi connectivity index (χ0) is 30.0. The van der Waals surface area contributed by atoms with E-state index in [0.29, 0.717) is 29.4 Å². The highest BCUT2D eigenvalue weighted by atomic mass is 32.2. The molecule has 4 aromatic rings. The van der Waals surface area contributed by atoms with Crippen LogP contribution in [0.1, 0.15) is 11.1 Å². The van der Waals surface area contributed by atoms with Crippen LogP contribution in [0.25, 0.3) is 0 Å². The molecule has 1 amide bonds. The topological polar surface area (TPSA) is 116 Å². The first-order valence-electron chi connectivity index (χ1n) is 12.8. The smallest absolute Gasteiger partial charge is 0.264 e. The summed E-state index contributed by atoms with van der Waals surface area (Å²) >= 11 is 0. The number of nitrogens with zero attached hydrogens (tertiary/aromatic N) is 2. The number of anilines is 1. The van der Waals surface area contributed by atoms with Gasteiger partial charge in [0.2, 0.25) is 0 Å². The van der Waals surface area contributed by atoms with Gasteiger partial charge in [0.15, 0.2) is 11.5 Å². The Labute approximate surface area is 245 Å². The monoisotopic (exact) mass is 589 g/mol. The number of benzene rings is 4. The van der Waals surface area contributed by atoms with E-state index in [2.05, 4.69) is 10.5 Å². The number of amides is 1. The highest BCUT2D eigenvalue weighted by Gasteiger charge is 2.28. The van der Waals surface area contributed by atoms with E-state index in [4.69, 9.17) is 18.9 Å². The summed E-state index contributed by atoms with van der Waals surface area (Å²) in [5.74, 6) is 1.13. The molecule has 0 spiro atoms. The third-order valence-corrected chi connectivity index (χ3v) is 7.87. The Balaban J connectivity index is 1.50. The highest BCUT2D eigenvalue weighted by Crippen LogP contribution is 2.32. The lowest BCUT2D eigenvalue weighted by Gasteiger charge is -2.24. The number of ether oxygens (including phenoxy) is 4. The molecule has 11 heteroatoms. The molecular weight excluding hydrogens is 558 g/mol. The van der Waals surface area contributed by atoms with E-state index < -0.39 is 22.5 Å². The Kier molecular flexibility index (Phi) is 10.0. The van der Waals surface area contributed by atoms with E-state index in [1.807, 2.05) is 42.5 Å². The van der Waals surface area contributed by atoms with Crippen molar-refractivity contribution in [2.24, 2.45) is 5.10 Å². The molecule has 0 unspecified atom stereocenters. The Morgan fingerprint density at radius 2 is 1.55 bits per heavy atom. The van der Waals surface area contributed by atoms with Gasteiger partial charge in [-0.05, 0) is 59.7 Å². The molecule has 0 atom stereocenters. The Hall–Kier alpha value is -5.03. The Morgan fingerprint density at radius 3 is 2.24 bits per heavy atom. The van der Waals surface area contributed by atoms with Gasteiger partial charge in [0.05, 0.1) is 38.1 Å². The molecule has 0 saturated carbocycles. The zero-order valence-electron chi connectivity index (χ0n) is 23.4. The third kappa shape index (κ3) is 7.58. The maximum Gasteiger partial charge on any atom is 0.264 e. The molecule has 10 nitrogen and oxygen atoms in total. The van der Waals surface area contributed by atoms with Crippen molar-refractivity contribution in [3.63, 3.8) is 0 Å². The van der Waals surface area contributed by atoms with Gasteiger partial charge >= 0.3 is 0 Å². The normalized spacial score (nSPS) is 11.1. The van der Waals surface area contributed by atoms with Crippen LogP contribution in [-0.4, -0.2) is 48.4 Å². The van der Waals surface area contributed by atoms with Crippen LogP contribution in [0.4, 0.5) is 5.69 Å². The molecule has 4 aromatic carbocycles. The van der Waals surface area contributed by atoms with Crippen molar-refractivity contribution in [3.8, 4) is 23.0 Å². The first-order valence-corrected chi connectivity index (χ1v) is 14.3. The van der Waals surface area contributed by atoms with Gasteiger partial charge < -0.3 is 18.9 Å². The first-order chi connectivity index (χ1) is 20.3. The molecule has 0 aliphatic carbocycles. The minimum atomic E-state index is -4.21. The summed E-state index contributed by atoms with van der Waals surface area (Å²) in [4.78, 5) is 12.9. The number of carbonyl (C=O) groups excluding carboxylic acids is 1. The molecule has 0 aliphatic rings. The molecule has 218 valence electrons. The van der Waals surface area contributed by atoms with Crippen LogP contribution < -0.4 is 28.7 Å². The van der Waals surface area contributed by atoms with Gasteiger partial charge in [-0.3, -0.25) is 9.10 Å². The number of sulfonamides is 1. The zero-order valence-corrected chi connectivity index (χ0v) is 24.2. The lowest BCUT2D eigenvalue weighted by atomic mass is 10.2. The van der Waals surface area contributed by atoms with Crippen molar-refractivity contribution >= 4 is 27.8 Å². The molecule has 42 heavy (non-hydrogen) atoms. The minimum Gasteiger partial charge on any atom is -0.497 e. The van der Waals surface area contributed by atoms with Gasteiger partial charge in [-0.1, -0.05) is 42.5 Å². The molecule has 4 rings (SSSR count). The van der Waals surface area contributed by atoms with Crippen molar-refractivity contribution in [2.75, 3.05) is 32.2 Å². The number of methoxy groups -OCH3 is 3. The van der Waals surface area contributed by atoms with Crippen molar-refractivity contribution in [1.29, 1.82) is 0 Å². The molecule has 0 bridgehead atoms. The quantitative estimate of drug-likeness (QED) is 0.179. The van der Waals surface area contributed by atoms with Gasteiger partial charge in [-0.25, -0.2) is 13.8 Å². The largest absolute Gasteiger partial charge is 0.497 e. The van der Waals surface area contributed by atoms with Gasteiger partial charge in [0.25, 0.3) is 15.9 Å². The van der Waals surface area contributed by atoms with Crippen LogP contribution in [0.3, 0.4) is 0 Å². The van der Waals surface area contributed by atoms with Crippen LogP contribution in [-0.2, 0) is 21.4 Å². The SMILES string of the molecule is COc1ccc(N(CC(=O)N/N=C\c2cccc(OCc3ccccc3)c2)S(=O)(=O)c2ccc(OC)c(OC)c2)cc1. The number of hydrazone groups is 1. The molecular formula is C31H31N3O7S. The van der Waals surface area contributed by atoms with Crippen LogP contribution in [0.2, 0.25) is 0 Å². The van der Waals surface area contributed by atoms with Gasteiger partial charge in [0, 0.05) is 6.07 Å². The van der Waals surface area contributed by atoms with Crippen LogP contribution in [0, 0.1) is 0 Å². The predicted octanol–water partition coefficient (Wildman–Crippen LogP) is 4.64. The fraction of sp³-hybridized carbons (Fsp3) is 0.161. The van der Waals surface area contributed by atoms with Crippen molar-refractivity contribution in [1.82, 2.24) is 5.43 Å². The van der Waals surface area contributed by atoms with Gasteiger partial charge in [-0.2, -0.15) is 5.10 Å².